The van der Waals surface area contributed by atoms with Gasteiger partial charge in [0.05, 0.1) is 12.0 Å². The molecule has 2 aliphatic heterocycles. The van der Waals surface area contributed by atoms with Crippen LogP contribution in [0.4, 0.5) is 9.59 Å². The van der Waals surface area contributed by atoms with Crippen LogP contribution in [0.5, 0.6) is 5.75 Å². The first-order valence-corrected chi connectivity index (χ1v) is 11.7. The Balaban J connectivity index is 1.40. The number of thioether (sulfide) groups is 3. The number of benzene rings is 1. The summed E-state index contributed by atoms with van der Waals surface area (Å²) in [6, 6.07) is 6.28. The number of carbonyl (C=O) groups is 6. The van der Waals surface area contributed by atoms with Gasteiger partial charge in [0, 0.05) is 18.2 Å². The second-order valence-electron chi connectivity index (χ2n) is 6.49. The van der Waals surface area contributed by atoms with Gasteiger partial charge in [0.2, 0.25) is 11.8 Å². The van der Waals surface area contributed by atoms with Crippen LogP contribution < -0.4 is 15.4 Å². The molecule has 2 aromatic rings. The van der Waals surface area contributed by atoms with Gasteiger partial charge in [-0.25, -0.2) is 0 Å². The zero-order valence-electron chi connectivity index (χ0n) is 16.3. The van der Waals surface area contributed by atoms with E-state index in [4.69, 9.17) is 9.15 Å². The van der Waals surface area contributed by atoms with E-state index < -0.39 is 43.9 Å². The van der Waals surface area contributed by atoms with E-state index in [2.05, 4.69) is 20.8 Å². The van der Waals surface area contributed by atoms with E-state index in [1.165, 1.54) is 6.07 Å². The van der Waals surface area contributed by atoms with Crippen molar-refractivity contribution in [1.29, 1.82) is 0 Å². The SMILES string of the molecule is O=C(CC1SC(=O)NC1=O)Oc1ccccc1-c1nnc(SC(=O)CC2SC(=O)NC2=O)o1. The van der Waals surface area contributed by atoms with E-state index >= 15 is 0 Å². The molecule has 2 N–H and O–H groups in total. The molecule has 2 aliphatic rings. The molecule has 4 rings (SSSR count). The zero-order chi connectivity index (χ0) is 23.5. The fraction of sp³-hybridized carbons (Fsp3) is 0.222. The van der Waals surface area contributed by atoms with Gasteiger partial charge in [0.15, 0.2) is 5.12 Å². The van der Waals surface area contributed by atoms with Crippen molar-refractivity contribution in [3.63, 3.8) is 0 Å². The fourth-order valence-corrected chi connectivity index (χ4v) is 5.13. The highest BCUT2D eigenvalue weighted by Crippen LogP contribution is 2.33. The third-order valence-corrected chi connectivity index (χ3v) is 6.88. The monoisotopic (exact) mass is 508 g/mol. The maximum absolute atomic E-state index is 12.3. The summed E-state index contributed by atoms with van der Waals surface area (Å²) < 4.78 is 10.8. The van der Waals surface area contributed by atoms with Crippen LogP contribution in [-0.4, -0.2) is 54.1 Å². The minimum atomic E-state index is -0.870. The molecule has 170 valence electrons. The Morgan fingerprint density at radius 3 is 2.24 bits per heavy atom. The average molecular weight is 509 g/mol. The first-order valence-electron chi connectivity index (χ1n) is 9.15. The Labute approximate surface area is 197 Å². The van der Waals surface area contributed by atoms with E-state index in [-0.39, 0.29) is 35.3 Å². The Bertz CT molecular complexity index is 1180. The predicted octanol–water partition coefficient (Wildman–Crippen LogP) is 1.74. The van der Waals surface area contributed by atoms with E-state index in [1.807, 2.05) is 0 Å². The summed E-state index contributed by atoms with van der Waals surface area (Å²) >= 11 is 2.07. The number of nitrogens with one attached hydrogen (secondary N) is 2. The van der Waals surface area contributed by atoms with Crippen molar-refractivity contribution in [2.24, 2.45) is 0 Å². The number of carbonyl (C=O) groups excluding carboxylic acids is 6. The molecule has 2 unspecified atom stereocenters. The van der Waals surface area contributed by atoms with Crippen LogP contribution in [0.3, 0.4) is 0 Å². The smallest absolute Gasteiger partial charge is 0.312 e. The highest BCUT2D eigenvalue weighted by atomic mass is 32.2. The van der Waals surface area contributed by atoms with Gasteiger partial charge in [-0.05, 0) is 12.1 Å². The fourth-order valence-electron chi connectivity index (χ4n) is 2.75. The summed E-state index contributed by atoms with van der Waals surface area (Å²) in [5.41, 5.74) is 0.272. The van der Waals surface area contributed by atoms with E-state index in [1.54, 1.807) is 18.2 Å². The van der Waals surface area contributed by atoms with Crippen molar-refractivity contribution in [3.8, 4) is 17.2 Å². The lowest BCUT2D eigenvalue weighted by molar-refractivity contribution is -0.135. The molecule has 0 radical (unpaired) electrons. The van der Waals surface area contributed by atoms with Crippen molar-refractivity contribution in [1.82, 2.24) is 20.8 Å². The van der Waals surface area contributed by atoms with Gasteiger partial charge in [0.25, 0.3) is 21.6 Å². The largest absolute Gasteiger partial charge is 0.426 e. The molecule has 0 bridgehead atoms. The van der Waals surface area contributed by atoms with Gasteiger partial charge in [-0.2, -0.15) is 0 Å². The van der Waals surface area contributed by atoms with Crippen LogP contribution in [0, 0.1) is 0 Å². The number of nitrogens with zero attached hydrogens (tertiary/aromatic N) is 2. The van der Waals surface area contributed by atoms with E-state index in [9.17, 15) is 28.8 Å². The molecule has 12 nitrogen and oxygen atoms in total. The predicted molar refractivity (Wildman–Crippen MR) is 115 cm³/mol. The molecule has 0 saturated carbocycles. The molecule has 3 heterocycles. The van der Waals surface area contributed by atoms with Crippen molar-refractivity contribution < 1.29 is 37.9 Å². The summed E-state index contributed by atoms with van der Waals surface area (Å²) in [7, 11) is 0. The van der Waals surface area contributed by atoms with Crippen LogP contribution in [0.25, 0.3) is 11.5 Å². The average Bonchev–Trinajstić information content (AvgIpc) is 3.41. The Morgan fingerprint density at radius 2 is 1.61 bits per heavy atom. The maximum Gasteiger partial charge on any atom is 0.312 e. The zero-order valence-corrected chi connectivity index (χ0v) is 18.7. The first kappa shape index (κ1) is 23.0. The normalized spacial score (nSPS) is 20.0. The van der Waals surface area contributed by atoms with Gasteiger partial charge >= 0.3 is 5.97 Å². The topological polar surface area (TPSA) is 175 Å². The molecular formula is C18H12N4O8S3. The number of rotatable bonds is 7. The molecule has 4 amide bonds. The van der Waals surface area contributed by atoms with Crippen LogP contribution in [0.15, 0.2) is 33.9 Å². The second-order valence-corrected chi connectivity index (χ2v) is 9.85. The number of hydrogen-bond acceptors (Lipinski definition) is 13. The van der Waals surface area contributed by atoms with Crippen molar-refractivity contribution in [2.75, 3.05) is 0 Å². The van der Waals surface area contributed by atoms with Crippen LogP contribution in [0.2, 0.25) is 0 Å². The number of hydrogen-bond donors (Lipinski definition) is 2. The maximum atomic E-state index is 12.3. The molecule has 0 aliphatic carbocycles. The second kappa shape index (κ2) is 9.76. The van der Waals surface area contributed by atoms with Crippen LogP contribution >= 0.6 is 35.3 Å². The van der Waals surface area contributed by atoms with Gasteiger partial charge in [-0.3, -0.25) is 39.4 Å². The molecule has 2 saturated heterocycles. The lowest BCUT2D eigenvalue weighted by Gasteiger charge is -2.08. The molecule has 15 heteroatoms. The lowest BCUT2D eigenvalue weighted by Crippen LogP contribution is -2.27. The number of ether oxygens (including phenoxy) is 1. The minimum absolute atomic E-state index is 0.0278. The molecule has 33 heavy (non-hydrogen) atoms. The third kappa shape index (κ3) is 5.61. The summed E-state index contributed by atoms with van der Waals surface area (Å²) in [6.07, 6.45) is -0.515. The Kier molecular flexibility index (Phi) is 6.80. The quantitative estimate of drug-likeness (QED) is 0.314. The number of esters is 1. The third-order valence-electron chi connectivity index (χ3n) is 4.19. The van der Waals surface area contributed by atoms with Crippen LogP contribution in [0.1, 0.15) is 12.8 Å². The van der Waals surface area contributed by atoms with Crippen molar-refractivity contribution in [2.45, 2.75) is 28.6 Å². The van der Waals surface area contributed by atoms with Crippen LogP contribution in [-0.2, 0) is 19.2 Å². The molecule has 1 aromatic carbocycles. The highest BCUT2D eigenvalue weighted by molar-refractivity contribution is 8.16. The Morgan fingerprint density at radius 1 is 0.970 bits per heavy atom. The summed E-state index contributed by atoms with van der Waals surface area (Å²) in [5.74, 6) is -1.77. The number of para-hydroxylation sites is 1. The van der Waals surface area contributed by atoms with Gasteiger partial charge < -0.3 is 9.15 Å². The van der Waals surface area contributed by atoms with Gasteiger partial charge in [-0.15, -0.1) is 10.2 Å². The highest BCUT2D eigenvalue weighted by Gasteiger charge is 2.35. The Hall–Kier alpha value is -3.17. The van der Waals surface area contributed by atoms with Crippen molar-refractivity contribution >= 4 is 68.7 Å². The summed E-state index contributed by atoms with van der Waals surface area (Å²) in [5, 5.41) is 8.58. The number of amides is 4. The summed E-state index contributed by atoms with van der Waals surface area (Å²) in [6.45, 7) is 0. The van der Waals surface area contributed by atoms with Gasteiger partial charge in [0.1, 0.15) is 16.2 Å². The van der Waals surface area contributed by atoms with Crippen molar-refractivity contribution in [3.05, 3.63) is 24.3 Å². The summed E-state index contributed by atoms with van der Waals surface area (Å²) in [4.78, 5) is 70.1. The lowest BCUT2D eigenvalue weighted by atomic mass is 10.2. The molecule has 2 atom stereocenters. The number of aromatic nitrogens is 2. The molecular weight excluding hydrogens is 496 g/mol. The van der Waals surface area contributed by atoms with E-state index in [0.717, 1.165) is 11.8 Å². The van der Waals surface area contributed by atoms with E-state index in [0.29, 0.717) is 23.5 Å². The minimum Gasteiger partial charge on any atom is -0.426 e. The molecule has 1 aromatic heterocycles. The first-order chi connectivity index (χ1) is 15.8. The molecule has 2 fully saturated rings. The number of imide groups is 2. The standard InChI is InChI=1S/C18H12N4O8S3/c23-11(5-9-13(25)19-16(27)31-9)29-8-4-2-1-3-7(8)15-21-22-18(30-15)33-12(24)6-10-14(26)20-17(28)32-10/h1-4,9-10H,5-6H2,(H,19,25,27)(H,20,26,28). The van der Waals surface area contributed by atoms with Gasteiger partial charge in [-0.1, -0.05) is 35.7 Å². The molecule has 0 spiro atoms.